The number of hydrogen-bond donors (Lipinski definition) is 0. The molecule has 0 aromatic heterocycles. The van der Waals surface area contributed by atoms with E-state index in [1.807, 2.05) is 35.3 Å². The maximum absolute atomic E-state index is 13.8. The quantitative estimate of drug-likeness (QED) is 0.625. The molecule has 0 saturated carbocycles. The van der Waals surface area contributed by atoms with E-state index in [1.54, 1.807) is 18.2 Å². The van der Waals surface area contributed by atoms with Crippen LogP contribution in [0.4, 0.5) is 8.78 Å². The van der Waals surface area contributed by atoms with Crippen LogP contribution in [0.15, 0.2) is 77.9 Å². The Morgan fingerprint density at radius 1 is 0.889 bits per heavy atom. The SMILES string of the molecule is Fc1ccc(C2=NN3[C@@H](C2)c2ccccc2O[C@H]3c2cccc(F)c2)cc1. The summed E-state index contributed by atoms with van der Waals surface area (Å²) in [5.41, 5.74) is 3.49. The monoisotopic (exact) mass is 362 g/mol. The van der Waals surface area contributed by atoms with Crippen LogP contribution in [-0.2, 0) is 0 Å². The first kappa shape index (κ1) is 16.0. The molecule has 2 aliphatic heterocycles. The Kier molecular flexibility index (Phi) is 3.67. The van der Waals surface area contributed by atoms with E-state index in [9.17, 15) is 8.78 Å². The maximum Gasteiger partial charge on any atom is 0.213 e. The number of fused-ring (bicyclic) bond motifs is 3. The Morgan fingerprint density at radius 2 is 1.70 bits per heavy atom. The largest absolute Gasteiger partial charge is 0.464 e. The van der Waals surface area contributed by atoms with Crippen molar-refractivity contribution in [1.82, 2.24) is 5.01 Å². The molecule has 0 radical (unpaired) electrons. The van der Waals surface area contributed by atoms with Crippen LogP contribution in [0.2, 0.25) is 0 Å². The molecule has 0 aliphatic carbocycles. The average Bonchev–Trinajstić information content (AvgIpc) is 3.13. The van der Waals surface area contributed by atoms with Crippen molar-refractivity contribution >= 4 is 5.71 Å². The lowest BCUT2D eigenvalue weighted by atomic mass is 9.96. The van der Waals surface area contributed by atoms with Crippen LogP contribution in [0, 0.1) is 11.6 Å². The van der Waals surface area contributed by atoms with E-state index in [4.69, 9.17) is 9.84 Å². The van der Waals surface area contributed by atoms with Gasteiger partial charge in [-0.2, -0.15) is 5.10 Å². The van der Waals surface area contributed by atoms with Crippen LogP contribution < -0.4 is 4.74 Å². The number of halogens is 2. The van der Waals surface area contributed by atoms with Gasteiger partial charge in [0.2, 0.25) is 6.23 Å². The smallest absolute Gasteiger partial charge is 0.213 e. The molecule has 3 aromatic rings. The third-order valence-electron chi connectivity index (χ3n) is 5.01. The summed E-state index contributed by atoms with van der Waals surface area (Å²) in [7, 11) is 0. The molecule has 27 heavy (non-hydrogen) atoms. The number of hydrazone groups is 1. The van der Waals surface area contributed by atoms with Crippen molar-refractivity contribution in [2.24, 2.45) is 5.10 Å². The van der Waals surface area contributed by atoms with Gasteiger partial charge in [0.25, 0.3) is 0 Å². The fourth-order valence-corrected chi connectivity index (χ4v) is 3.73. The summed E-state index contributed by atoms with van der Waals surface area (Å²) < 4.78 is 33.3. The van der Waals surface area contributed by atoms with Gasteiger partial charge in [0, 0.05) is 17.5 Å². The van der Waals surface area contributed by atoms with Crippen LogP contribution in [0.3, 0.4) is 0 Å². The zero-order valence-electron chi connectivity index (χ0n) is 14.3. The van der Waals surface area contributed by atoms with Crippen LogP contribution in [0.25, 0.3) is 0 Å². The second-order valence-corrected chi connectivity index (χ2v) is 6.72. The van der Waals surface area contributed by atoms with E-state index in [2.05, 4.69) is 0 Å². The van der Waals surface area contributed by atoms with Crippen molar-refractivity contribution in [3.8, 4) is 5.75 Å². The lowest BCUT2D eigenvalue weighted by molar-refractivity contribution is -0.0192. The summed E-state index contributed by atoms with van der Waals surface area (Å²) in [4.78, 5) is 0. The van der Waals surface area contributed by atoms with E-state index < -0.39 is 6.23 Å². The first-order chi connectivity index (χ1) is 13.2. The highest BCUT2D eigenvalue weighted by Gasteiger charge is 2.40. The van der Waals surface area contributed by atoms with Crippen molar-refractivity contribution in [3.05, 3.63) is 101 Å². The molecule has 2 heterocycles. The number of benzene rings is 3. The Labute approximate surface area is 155 Å². The Morgan fingerprint density at radius 3 is 2.52 bits per heavy atom. The van der Waals surface area contributed by atoms with Gasteiger partial charge in [-0.25, -0.2) is 13.8 Å². The van der Waals surface area contributed by atoms with Gasteiger partial charge in [0.15, 0.2) is 0 Å². The summed E-state index contributed by atoms with van der Waals surface area (Å²) in [5.74, 6) is 0.193. The summed E-state index contributed by atoms with van der Waals surface area (Å²) in [6, 6.07) is 20.6. The van der Waals surface area contributed by atoms with Gasteiger partial charge in [-0.15, -0.1) is 0 Å². The summed E-state index contributed by atoms with van der Waals surface area (Å²) in [6.07, 6.45) is 0.163. The van der Waals surface area contributed by atoms with Crippen molar-refractivity contribution in [3.63, 3.8) is 0 Å². The molecule has 0 saturated heterocycles. The minimum absolute atomic E-state index is 0.0109. The Bertz CT molecular complexity index is 1030. The van der Waals surface area contributed by atoms with Gasteiger partial charge in [-0.3, -0.25) is 0 Å². The normalized spacial score (nSPS) is 20.5. The standard InChI is InChI=1S/C22H16F2N2O/c23-16-10-8-14(9-11-16)19-13-20-18-6-1-2-7-21(18)27-22(26(20)25-19)15-4-3-5-17(24)12-15/h1-12,20,22H,13H2/t20-,22-/m0/s1. The predicted molar refractivity (Wildman–Crippen MR) is 98.3 cm³/mol. The Hall–Kier alpha value is -3.21. The van der Waals surface area contributed by atoms with Crippen molar-refractivity contribution in [2.75, 3.05) is 0 Å². The minimum Gasteiger partial charge on any atom is -0.464 e. The molecule has 0 spiro atoms. The molecule has 0 fully saturated rings. The van der Waals surface area contributed by atoms with Gasteiger partial charge in [-0.1, -0.05) is 42.5 Å². The molecule has 0 amide bonds. The van der Waals surface area contributed by atoms with Crippen LogP contribution in [0.5, 0.6) is 5.75 Å². The average molecular weight is 362 g/mol. The Balaban J connectivity index is 1.60. The van der Waals surface area contributed by atoms with Gasteiger partial charge in [0.05, 0.1) is 11.8 Å². The fraction of sp³-hybridized carbons (Fsp3) is 0.136. The van der Waals surface area contributed by atoms with Crippen LogP contribution in [-0.4, -0.2) is 10.7 Å². The first-order valence-corrected chi connectivity index (χ1v) is 8.82. The zero-order chi connectivity index (χ0) is 18.4. The van der Waals surface area contributed by atoms with E-state index >= 15 is 0 Å². The van der Waals surface area contributed by atoms with Gasteiger partial charge >= 0.3 is 0 Å². The number of ether oxygens (including phenoxy) is 1. The molecular formula is C22H16F2N2O. The highest BCUT2D eigenvalue weighted by Crippen LogP contribution is 2.47. The van der Waals surface area contributed by atoms with E-state index in [-0.39, 0.29) is 17.7 Å². The summed E-state index contributed by atoms with van der Waals surface area (Å²) >= 11 is 0. The third kappa shape index (κ3) is 2.76. The number of rotatable bonds is 2. The zero-order valence-corrected chi connectivity index (χ0v) is 14.3. The molecule has 3 nitrogen and oxygen atoms in total. The van der Waals surface area contributed by atoms with E-state index in [0.29, 0.717) is 12.0 Å². The molecule has 134 valence electrons. The van der Waals surface area contributed by atoms with Crippen LogP contribution in [0.1, 0.15) is 35.4 Å². The molecule has 2 aliphatic rings. The lowest BCUT2D eigenvalue weighted by Gasteiger charge is -2.38. The van der Waals surface area contributed by atoms with Gasteiger partial charge in [-0.05, 0) is 35.9 Å². The molecule has 2 atom stereocenters. The molecule has 0 N–H and O–H groups in total. The topological polar surface area (TPSA) is 24.8 Å². The van der Waals surface area contributed by atoms with Gasteiger partial charge < -0.3 is 4.74 Å². The van der Waals surface area contributed by atoms with E-state index in [1.165, 1.54) is 24.3 Å². The highest BCUT2D eigenvalue weighted by atomic mass is 19.1. The van der Waals surface area contributed by atoms with Crippen LogP contribution >= 0.6 is 0 Å². The number of para-hydroxylation sites is 1. The van der Waals surface area contributed by atoms with E-state index in [0.717, 1.165) is 22.6 Å². The third-order valence-corrected chi connectivity index (χ3v) is 5.01. The molecular weight excluding hydrogens is 346 g/mol. The summed E-state index contributed by atoms with van der Waals surface area (Å²) in [6.45, 7) is 0. The first-order valence-electron chi connectivity index (χ1n) is 8.82. The predicted octanol–water partition coefficient (Wildman–Crippen LogP) is 5.21. The minimum atomic E-state index is -0.515. The van der Waals surface area contributed by atoms with Gasteiger partial charge in [0.1, 0.15) is 17.4 Å². The molecule has 0 unspecified atom stereocenters. The van der Waals surface area contributed by atoms with Crippen molar-refractivity contribution < 1.29 is 13.5 Å². The second-order valence-electron chi connectivity index (χ2n) is 6.72. The van der Waals surface area contributed by atoms with Crippen molar-refractivity contribution in [2.45, 2.75) is 18.7 Å². The highest BCUT2D eigenvalue weighted by molar-refractivity contribution is 6.01. The molecule has 0 bridgehead atoms. The van der Waals surface area contributed by atoms with Crippen molar-refractivity contribution in [1.29, 1.82) is 0 Å². The second kappa shape index (κ2) is 6.20. The number of hydrogen-bond acceptors (Lipinski definition) is 3. The molecule has 5 rings (SSSR count). The molecule has 5 heteroatoms. The fourth-order valence-electron chi connectivity index (χ4n) is 3.73. The molecule has 3 aromatic carbocycles. The maximum atomic E-state index is 13.8. The summed E-state index contributed by atoms with van der Waals surface area (Å²) in [5, 5.41) is 6.66. The lowest BCUT2D eigenvalue weighted by Crippen LogP contribution is -2.33. The number of nitrogens with zero attached hydrogens (tertiary/aromatic N) is 2.